The number of aromatic amines is 1. The maximum absolute atomic E-state index is 12.7. The van der Waals surface area contributed by atoms with Crippen LogP contribution in [0.4, 0.5) is 0 Å². The summed E-state index contributed by atoms with van der Waals surface area (Å²) in [4.78, 5) is 28.4. The Labute approximate surface area is 168 Å². The maximum atomic E-state index is 12.7. The van der Waals surface area contributed by atoms with Crippen molar-refractivity contribution >= 4 is 29.0 Å². The van der Waals surface area contributed by atoms with Gasteiger partial charge in [0.05, 0.1) is 16.9 Å². The first-order chi connectivity index (χ1) is 13.5. The van der Waals surface area contributed by atoms with E-state index in [1.165, 1.54) is 10.1 Å². The molecule has 1 atom stereocenters. The van der Waals surface area contributed by atoms with E-state index in [0.717, 1.165) is 18.4 Å². The average molecular weight is 394 g/mol. The molecule has 0 spiro atoms. The van der Waals surface area contributed by atoms with E-state index in [4.69, 9.17) is 12.2 Å². The molecular weight excluding hydrogens is 370 g/mol. The summed E-state index contributed by atoms with van der Waals surface area (Å²) in [5, 5.41) is 3.74. The van der Waals surface area contributed by atoms with Crippen molar-refractivity contribution in [2.45, 2.75) is 38.8 Å². The second kappa shape index (κ2) is 7.72. The van der Waals surface area contributed by atoms with Crippen LogP contribution in [0.15, 0.2) is 53.3 Å². The molecule has 0 aliphatic heterocycles. The second-order valence-corrected chi connectivity index (χ2v) is 7.86. The number of hydrogen-bond acceptors (Lipinski definition) is 3. The fraction of sp³-hybridized carbons (Fsp3) is 0.318. The molecule has 1 aromatic heterocycles. The summed E-state index contributed by atoms with van der Waals surface area (Å²) >= 11 is 5.32. The van der Waals surface area contributed by atoms with Crippen LogP contribution in [0.5, 0.6) is 0 Å². The summed E-state index contributed by atoms with van der Waals surface area (Å²) in [5.74, 6) is 0.435. The molecule has 2 aromatic carbocycles. The number of hydrogen-bond donors (Lipinski definition) is 2. The number of carbonyl (C=O) groups excluding carboxylic acids is 1. The van der Waals surface area contributed by atoms with Crippen LogP contribution in [0.3, 0.4) is 0 Å². The molecule has 1 saturated carbocycles. The zero-order chi connectivity index (χ0) is 19.7. The van der Waals surface area contributed by atoms with Gasteiger partial charge in [0.25, 0.3) is 5.56 Å². The van der Waals surface area contributed by atoms with Crippen LogP contribution < -0.4 is 10.9 Å². The highest BCUT2D eigenvalue weighted by Crippen LogP contribution is 2.41. The lowest BCUT2D eigenvalue weighted by molar-refractivity contribution is -0.122. The quantitative estimate of drug-likeness (QED) is 0.622. The molecule has 6 heteroatoms. The molecule has 144 valence electrons. The van der Waals surface area contributed by atoms with Gasteiger partial charge in [0.15, 0.2) is 4.77 Å². The van der Waals surface area contributed by atoms with E-state index in [0.29, 0.717) is 21.6 Å². The third kappa shape index (κ3) is 3.92. The smallest absolute Gasteiger partial charge is 0.262 e. The van der Waals surface area contributed by atoms with Crippen molar-refractivity contribution < 1.29 is 4.79 Å². The number of rotatable bonds is 6. The van der Waals surface area contributed by atoms with Crippen molar-refractivity contribution in [3.05, 3.63) is 74.8 Å². The molecule has 1 aliphatic rings. The first-order valence-corrected chi connectivity index (χ1v) is 10.0. The first kappa shape index (κ1) is 18.6. The SMILES string of the molecule is Cc1ccc(C(NC(=O)CCn2c(=S)[nH]c3ccccc3c2=O)C2CC2)cc1. The molecule has 2 N–H and O–H groups in total. The van der Waals surface area contributed by atoms with Crippen molar-refractivity contribution in [1.82, 2.24) is 14.9 Å². The van der Waals surface area contributed by atoms with Crippen LogP contribution in [-0.2, 0) is 11.3 Å². The number of benzene rings is 2. The highest BCUT2D eigenvalue weighted by molar-refractivity contribution is 7.71. The largest absolute Gasteiger partial charge is 0.349 e. The Kier molecular flexibility index (Phi) is 5.13. The van der Waals surface area contributed by atoms with Crippen LogP contribution >= 0.6 is 12.2 Å². The molecule has 1 heterocycles. The fourth-order valence-corrected chi connectivity index (χ4v) is 3.82. The van der Waals surface area contributed by atoms with Gasteiger partial charge in [-0.05, 0) is 55.6 Å². The van der Waals surface area contributed by atoms with E-state index in [2.05, 4.69) is 41.5 Å². The molecule has 3 aromatic rings. The van der Waals surface area contributed by atoms with Crippen molar-refractivity contribution in [3.63, 3.8) is 0 Å². The van der Waals surface area contributed by atoms with Gasteiger partial charge in [0, 0.05) is 13.0 Å². The molecule has 0 radical (unpaired) electrons. The number of nitrogens with zero attached hydrogens (tertiary/aromatic N) is 1. The first-order valence-electron chi connectivity index (χ1n) is 9.61. The van der Waals surface area contributed by atoms with E-state index in [1.54, 1.807) is 6.07 Å². The number of fused-ring (bicyclic) bond motifs is 1. The molecule has 1 aliphatic carbocycles. The maximum Gasteiger partial charge on any atom is 0.262 e. The lowest BCUT2D eigenvalue weighted by Crippen LogP contribution is -2.32. The molecule has 0 bridgehead atoms. The summed E-state index contributed by atoms with van der Waals surface area (Å²) in [7, 11) is 0. The van der Waals surface area contributed by atoms with E-state index in [9.17, 15) is 9.59 Å². The van der Waals surface area contributed by atoms with Crippen LogP contribution in [-0.4, -0.2) is 15.5 Å². The van der Waals surface area contributed by atoms with Gasteiger partial charge in [0.1, 0.15) is 0 Å². The van der Waals surface area contributed by atoms with Gasteiger partial charge >= 0.3 is 0 Å². The molecule has 1 fully saturated rings. The van der Waals surface area contributed by atoms with Crippen LogP contribution in [0.1, 0.15) is 36.4 Å². The van der Waals surface area contributed by atoms with Gasteiger partial charge in [-0.1, -0.05) is 42.0 Å². The topological polar surface area (TPSA) is 66.9 Å². The Bertz CT molecular complexity index is 1130. The van der Waals surface area contributed by atoms with Crippen LogP contribution in [0.2, 0.25) is 0 Å². The number of amides is 1. The van der Waals surface area contributed by atoms with Crippen LogP contribution in [0, 0.1) is 17.6 Å². The number of para-hydroxylation sites is 1. The lowest BCUT2D eigenvalue weighted by Gasteiger charge is -2.19. The normalized spacial score (nSPS) is 14.8. The zero-order valence-electron chi connectivity index (χ0n) is 15.8. The average Bonchev–Trinajstić information content (AvgIpc) is 3.52. The summed E-state index contributed by atoms with van der Waals surface area (Å²) < 4.78 is 1.81. The van der Waals surface area contributed by atoms with Crippen molar-refractivity contribution in [2.24, 2.45) is 5.92 Å². The predicted octanol–water partition coefficient (Wildman–Crippen LogP) is 4.03. The minimum atomic E-state index is -0.163. The Hall–Kier alpha value is -2.73. The number of H-pyrrole nitrogens is 1. The second-order valence-electron chi connectivity index (χ2n) is 7.48. The van der Waals surface area contributed by atoms with Crippen molar-refractivity contribution in [2.75, 3.05) is 0 Å². The van der Waals surface area contributed by atoms with Gasteiger partial charge in [-0.2, -0.15) is 0 Å². The van der Waals surface area contributed by atoms with E-state index in [-0.39, 0.29) is 30.5 Å². The molecule has 1 unspecified atom stereocenters. The van der Waals surface area contributed by atoms with Gasteiger partial charge in [0.2, 0.25) is 5.91 Å². The standard InChI is InChI=1S/C22H23N3O2S/c1-14-6-8-15(9-7-14)20(16-10-11-16)24-19(26)12-13-25-21(27)17-4-2-3-5-18(17)23-22(25)28/h2-9,16,20H,10-13H2,1H3,(H,23,28)(H,24,26). The minimum Gasteiger partial charge on any atom is -0.349 e. The number of aromatic nitrogens is 2. The minimum absolute atomic E-state index is 0.0379. The molecule has 28 heavy (non-hydrogen) atoms. The monoisotopic (exact) mass is 393 g/mol. The number of nitrogens with one attached hydrogen (secondary N) is 2. The molecule has 1 amide bonds. The summed E-state index contributed by atoms with van der Waals surface area (Å²) in [6, 6.07) is 15.6. The van der Waals surface area contributed by atoms with Crippen molar-refractivity contribution in [1.29, 1.82) is 0 Å². The Morgan fingerprint density at radius 1 is 1.21 bits per heavy atom. The predicted molar refractivity (Wildman–Crippen MR) is 113 cm³/mol. The molecule has 0 saturated heterocycles. The third-order valence-electron chi connectivity index (χ3n) is 5.30. The Morgan fingerprint density at radius 2 is 1.93 bits per heavy atom. The summed E-state index contributed by atoms with van der Waals surface area (Å²) in [6.45, 7) is 2.31. The van der Waals surface area contributed by atoms with Gasteiger partial charge < -0.3 is 10.3 Å². The summed E-state index contributed by atoms with van der Waals surface area (Å²) in [5.41, 5.74) is 2.90. The summed E-state index contributed by atoms with van der Waals surface area (Å²) in [6.07, 6.45) is 2.48. The van der Waals surface area contributed by atoms with E-state index >= 15 is 0 Å². The van der Waals surface area contributed by atoms with E-state index < -0.39 is 0 Å². The lowest BCUT2D eigenvalue weighted by atomic mass is 10.0. The number of carbonyl (C=O) groups is 1. The van der Waals surface area contributed by atoms with Crippen LogP contribution in [0.25, 0.3) is 10.9 Å². The van der Waals surface area contributed by atoms with Gasteiger partial charge in [-0.25, -0.2) is 0 Å². The molecule has 5 nitrogen and oxygen atoms in total. The Balaban J connectivity index is 1.48. The third-order valence-corrected chi connectivity index (χ3v) is 5.62. The van der Waals surface area contributed by atoms with Gasteiger partial charge in [-0.3, -0.25) is 14.2 Å². The van der Waals surface area contributed by atoms with Gasteiger partial charge in [-0.15, -0.1) is 0 Å². The van der Waals surface area contributed by atoms with Crippen molar-refractivity contribution in [3.8, 4) is 0 Å². The molecule has 4 rings (SSSR count). The highest BCUT2D eigenvalue weighted by Gasteiger charge is 2.33. The highest BCUT2D eigenvalue weighted by atomic mass is 32.1. The molecular formula is C22H23N3O2S. The number of aryl methyl sites for hydroxylation is 1. The van der Waals surface area contributed by atoms with E-state index in [1.807, 2.05) is 18.2 Å². The Morgan fingerprint density at radius 3 is 2.64 bits per heavy atom. The zero-order valence-corrected chi connectivity index (χ0v) is 16.6. The fourth-order valence-electron chi connectivity index (χ4n) is 3.54.